The maximum Gasteiger partial charge on any atom is 0.329 e. The first kappa shape index (κ1) is 10.7. The number of hydrazone groups is 1. The molecular weight excluding hydrogens is 156 g/mol. The van der Waals surface area contributed by atoms with Crippen LogP contribution in [0, 0.1) is 0 Å². The van der Waals surface area contributed by atoms with Gasteiger partial charge in [-0.1, -0.05) is 0 Å². The van der Waals surface area contributed by atoms with Gasteiger partial charge in [-0.3, -0.25) is 5.01 Å². The van der Waals surface area contributed by atoms with Crippen molar-refractivity contribution < 1.29 is 9.90 Å². The van der Waals surface area contributed by atoms with Gasteiger partial charge in [-0.25, -0.2) is 4.79 Å². The first-order valence-corrected chi connectivity index (χ1v) is 3.75. The minimum absolute atomic E-state index is 0.662. The molecule has 0 heterocycles. The van der Waals surface area contributed by atoms with Gasteiger partial charge in [0.2, 0.25) is 0 Å². The van der Waals surface area contributed by atoms with Crippen LogP contribution in [0.2, 0.25) is 0 Å². The molecule has 0 spiro atoms. The number of carboxylic acid groups (broad SMARTS) is 1. The SMILES string of the molecule is CCN(/C=C/C(=O)O)N=C(C)C. The largest absolute Gasteiger partial charge is 0.478 e. The fraction of sp³-hybridized carbons (Fsp3) is 0.500. The second-order valence-corrected chi connectivity index (χ2v) is 2.46. The summed E-state index contributed by atoms with van der Waals surface area (Å²) in [6.07, 6.45) is 2.51. The molecule has 1 N–H and O–H groups in total. The minimum atomic E-state index is -0.961. The van der Waals surface area contributed by atoms with Crippen molar-refractivity contribution in [2.75, 3.05) is 6.54 Å². The zero-order valence-electron chi connectivity index (χ0n) is 7.61. The second kappa shape index (κ2) is 5.35. The van der Waals surface area contributed by atoms with E-state index in [2.05, 4.69) is 5.10 Å². The highest BCUT2D eigenvalue weighted by Crippen LogP contribution is 1.91. The van der Waals surface area contributed by atoms with Crippen molar-refractivity contribution in [1.29, 1.82) is 0 Å². The first-order chi connectivity index (χ1) is 5.56. The molecule has 0 aromatic carbocycles. The van der Waals surface area contributed by atoms with E-state index in [0.717, 1.165) is 11.8 Å². The van der Waals surface area contributed by atoms with Gasteiger partial charge in [0.1, 0.15) is 0 Å². The molecule has 0 bridgehead atoms. The Hall–Kier alpha value is -1.32. The second-order valence-electron chi connectivity index (χ2n) is 2.46. The number of nitrogens with zero attached hydrogens (tertiary/aromatic N) is 2. The fourth-order valence-corrected chi connectivity index (χ4v) is 0.616. The Balaban J connectivity index is 4.18. The van der Waals surface area contributed by atoms with Crippen molar-refractivity contribution in [2.45, 2.75) is 20.8 Å². The third-order valence-electron chi connectivity index (χ3n) is 1.04. The Morgan fingerprint density at radius 3 is 2.50 bits per heavy atom. The lowest BCUT2D eigenvalue weighted by atomic mass is 10.5. The standard InChI is InChI=1S/C8H14N2O2/c1-4-10(9-7(2)3)6-5-8(11)12/h5-6H,4H2,1-3H3,(H,11,12)/b6-5+. The first-order valence-electron chi connectivity index (χ1n) is 3.75. The van der Waals surface area contributed by atoms with Gasteiger partial charge in [-0.2, -0.15) is 5.10 Å². The van der Waals surface area contributed by atoms with Gasteiger partial charge in [0.15, 0.2) is 0 Å². The fourth-order valence-electron chi connectivity index (χ4n) is 0.616. The summed E-state index contributed by atoms with van der Waals surface area (Å²) in [4.78, 5) is 10.1. The summed E-state index contributed by atoms with van der Waals surface area (Å²) in [6, 6.07) is 0. The minimum Gasteiger partial charge on any atom is -0.478 e. The zero-order valence-corrected chi connectivity index (χ0v) is 7.61. The predicted molar refractivity (Wildman–Crippen MR) is 47.9 cm³/mol. The lowest BCUT2D eigenvalue weighted by Gasteiger charge is -2.10. The van der Waals surface area contributed by atoms with Gasteiger partial charge in [0.25, 0.3) is 0 Å². The van der Waals surface area contributed by atoms with Gasteiger partial charge >= 0.3 is 5.97 Å². The van der Waals surface area contributed by atoms with Crippen LogP contribution in [0.1, 0.15) is 20.8 Å². The number of aliphatic carboxylic acids is 1. The third-order valence-corrected chi connectivity index (χ3v) is 1.04. The summed E-state index contributed by atoms with van der Waals surface area (Å²) in [5.74, 6) is -0.961. The molecule has 0 saturated carbocycles. The van der Waals surface area contributed by atoms with E-state index in [9.17, 15) is 4.79 Å². The molecule has 0 atom stereocenters. The lowest BCUT2D eigenvalue weighted by Crippen LogP contribution is -2.11. The van der Waals surface area contributed by atoms with Crippen LogP contribution >= 0.6 is 0 Å². The van der Waals surface area contributed by atoms with Crippen molar-refractivity contribution in [3.8, 4) is 0 Å². The quantitative estimate of drug-likeness (QED) is 0.393. The Morgan fingerprint density at radius 1 is 1.58 bits per heavy atom. The van der Waals surface area contributed by atoms with E-state index in [1.807, 2.05) is 20.8 Å². The van der Waals surface area contributed by atoms with E-state index < -0.39 is 5.97 Å². The summed E-state index contributed by atoms with van der Waals surface area (Å²) in [6.45, 7) is 6.28. The maximum atomic E-state index is 10.1. The van der Waals surface area contributed by atoms with Crippen molar-refractivity contribution >= 4 is 11.7 Å². The summed E-state index contributed by atoms with van der Waals surface area (Å²) < 4.78 is 0. The van der Waals surface area contributed by atoms with Crippen LogP contribution in [0.5, 0.6) is 0 Å². The van der Waals surface area contributed by atoms with Crippen LogP contribution in [0.15, 0.2) is 17.4 Å². The van der Waals surface area contributed by atoms with Crippen LogP contribution in [-0.4, -0.2) is 28.3 Å². The van der Waals surface area contributed by atoms with Crippen LogP contribution in [0.3, 0.4) is 0 Å². The van der Waals surface area contributed by atoms with E-state index in [4.69, 9.17) is 5.11 Å². The highest BCUT2D eigenvalue weighted by molar-refractivity contribution is 5.80. The van der Waals surface area contributed by atoms with Crippen molar-refractivity contribution in [1.82, 2.24) is 5.01 Å². The number of hydrogen-bond acceptors (Lipinski definition) is 3. The topological polar surface area (TPSA) is 52.9 Å². The molecular formula is C8H14N2O2. The van der Waals surface area contributed by atoms with Gasteiger partial charge < -0.3 is 5.11 Å². The van der Waals surface area contributed by atoms with E-state index in [-0.39, 0.29) is 0 Å². The molecule has 0 rings (SSSR count). The molecule has 0 radical (unpaired) electrons. The van der Waals surface area contributed by atoms with Gasteiger partial charge in [0.05, 0.1) is 0 Å². The number of hydrogen-bond donors (Lipinski definition) is 1. The third kappa shape index (κ3) is 5.46. The van der Waals surface area contributed by atoms with Gasteiger partial charge in [-0.15, -0.1) is 0 Å². The highest BCUT2D eigenvalue weighted by Gasteiger charge is 1.92. The molecule has 12 heavy (non-hydrogen) atoms. The monoisotopic (exact) mass is 170 g/mol. The predicted octanol–water partition coefficient (Wildman–Crippen LogP) is 1.30. The molecule has 0 amide bonds. The van der Waals surface area contributed by atoms with E-state index in [1.165, 1.54) is 6.20 Å². The van der Waals surface area contributed by atoms with Crippen molar-refractivity contribution in [3.63, 3.8) is 0 Å². The Kier molecular flexibility index (Phi) is 4.76. The van der Waals surface area contributed by atoms with Crippen molar-refractivity contribution in [2.24, 2.45) is 5.10 Å². The summed E-state index contributed by atoms with van der Waals surface area (Å²) in [5, 5.41) is 14.0. The average Bonchev–Trinajstić information content (AvgIpc) is 1.97. The Bertz CT molecular complexity index is 205. The molecule has 0 aliphatic rings. The number of rotatable bonds is 4. The normalized spacial score (nSPS) is 9.92. The van der Waals surface area contributed by atoms with Crippen LogP contribution < -0.4 is 0 Å². The molecule has 4 heteroatoms. The zero-order chi connectivity index (χ0) is 9.56. The van der Waals surface area contributed by atoms with Gasteiger partial charge in [-0.05, 0) is 20.8 Å². The molecule has 4 nitrogen and oxygen atoms in total. The maximum absolute atomic E-state index is 10.1. The van der Waals surface area contributed by atoms with Gasteiger partial charge in [0, 0.05) is 24.5 Å². The number of carboxylic acids is 1. The van der Waals surface area contributed by atoms with Crippen molar-refractivity contribution in [3.05, 3.63) is 12.3 Å². The molecule has 0 aromatic rings. The number of carbonyl (C=O) groups is 1. The Morgan fingerprint density at radius 2 is 2.17 bits per heavy atom. The average molecular weight is 170 g/mol. The molecule has 0 aliphatic carbocycles. The lowest BCUT2D eigenvalue weighted by molar-refractivity contribution is -0.131. The summed E-state index contributed by atoms with van der Waals surface area (Å²) >= 11 is 0. The summed E-state index contributed by atoms with van der Waals surface area (Å²) in [7, 11) is 0. The molecule has 0 aliphatic heterocycles. The van der Waals surface area contributed by atoms with Crippen LogP contribution in [0.4, 0.5) is 0 Å². The molecule has 0 saturated heterocycles. The summed E-state index contributed by atoms with van der Waals surface area (Å²) in [5.41, 5.74) is 0.895. The molecule has 68 valence electrons. The van der Waals surface area contributed by atoms with Crippen LogP contribution in [0.25, 0.3) is 0 Å². The highest BCUT2D eigenvalue weighted by atomic mass is 16.4. The molecule has 0 unspecified atom stereocenters. The molecule has 0 fully saturated rings. The van der Waals surface area contributed by atoms with Crippen LogP contribution in [-0.2, 0) is 4.79 Å². The van der Waals surface area contributed by atoms with E-state index >= 15 is 0 Å². The van der Waals surface area contributed by atoms with E-state index in [1.54, 1.807) is 5.01 Å². The molecule has 0 aromatic heterocycles. The smallest absolute Gasteiger partial charge is 0.329 e. The van der Waals surface area contributed by atoms with E-state index in [0.29, 0.717) is 6.54 Å². The Labute approximate surface area is 72.2 Å².